The highest BCUT2D eigenvalue weighted by Gasteiger charge is 2.18. The van der Waals surface area contributed by atoms with Gasteiger partial charge in [-0.2, -0.15) is 0 Å². The average molecular weight is 251 g/mol. The Labute approximate surface area is 115 Å². The van der Waals surface area contributed by atoms with Crippen LogP contribution in [0.15, 0.2) is 54.6 Å². The summed E-state index contributed by atoms with van der Waals surface area (Å²) in [7, 11) is 0. The summed E-state index contributed by atoms with van der Waals surface area (Å²) in [6.45, 7) is 2.16. The maximum absolute atomic E-state index is 3.54. The standard InChI is InChI=1S/C18H21N/c1-2-7-15(8-3-1)9-6-11-17-14-19-13-16-10-4-5-12-18(16)17/h1-5,7-8,10,12,17,19H,6,9,11,13-14H2. The zero-order chi connectivity index (χ0) is 12.9. The molecule has 98 valence electrons. The molecule has 0 spiro atoms. The van der Waals surface area contributed by atoms with Crippen molar-refractivity contribution < 1.29 is 0 Å². The highest BCUT2D eigenvalue weighted by molar-refractivity contribution is 5.32. The van der Waals surface area contributed by atoms with E-state index in [1.165, 1.54) is 30.4 Å². The molecule has 0 radical (unpaired) electrons. The van der Waals surface area contributed by atoms with Crippen LogP contribution in [0.25, 0.3) is 0 Å². The van der Waals surface area contributed by atoms with Crippen molar-refractivity contribution in [3.8, 4) is 0 Å². The zero-order valence-corrected chi connectivity index (χ0v) is 11.3. The number of hydrogen-bond donors (Lipinski definition) is 1. The van der Waals surface area contributed by atoms with Crippen LogP contribution in [0.4, 0.5) is 0 Å². The predicted molar refractivity (Wildman–Crippen MR) is 80.3 cm³/mol. The Hall–Kier alpha value is -1.60. The van der Waals surface area contributed by atoms with E-state index in [0.29, 0.717) is 5.92 Å². The molecule has 2 aromatic carbocycles. The predicted octanol–water partition coefficient (Wildman–Crippen LogP) is 3.90. The molecule has 2 aromatic rings. The van der Waals surface area contributed by atoms with Crippen molar-refractivity contribution in [3.63, 3.8) is 0 Å². The Morgan fingerprint density at radius 3 is 2.63 bits per heavy atom. The van der Waals surface area contributed by atoms with E-state index < -0.39 is 0 Å². The molecule has 1 nitrogen and oxygen atoms in total. The minimum Gasteiger partial charge on any atom is -0.312 e. The number of hydrogen-bond acceptors (Lipinski definition) is 1. The summed E-state index contributed by atoms with van der Waals surface area (Å²) in [5.74, 6) is 0.689. The Kier molecular flexibility index (Phi) is 3.95. The van der Waals surface area contributed by atoms with E-state index in [1.807, 2.05) is 0 Å². The SMILES string of the molecule is c1ccc(CCCC2CNCc3ccccc32)cc1. The fourth-order valence-electron chi connectivity index (χ4n) is 3.04. The first-order valence-corrected chi connectivity index (χ1v) is 7.26. The largest absolute Gasteiger partial charge is 0.312 e. The molecule has 0 amide bonds. The van der Waals surface area contributed by atoms with Crippen molar-refractivity contribution >= 4 is 0 Å². The third kappa shape index (κ3) is 3.05. The van der Waals surface area contributed by atoms with E-state index in [9.17, 15) is 0 Å². The van der Waals surface area contributed by atoms with Gasteiger partial charge in [0.1, 0.15) is 0 Å². The van der Waals surface area contributed by atoms with E-state index in [4.69, 9.17) is 0 Å². The maximum atomic E-state index is 3.54. The zero-order valence-electron chi connectivity index (χ0n) is 11.3. The van der Waals surface area contributed by atoms with Crippen LogP contribution < -0.4 is 5.32 Å². The quantitative estimate of drug-likeness (QED) is 0.869. The summed E-state index contributed by atoms with van der Waals surface area (Å²) in [6.07, 6.45) is 3.74. The monoisotopic (exact) mass is 251 g/mol. The second-order valence-corrected chi connectivity index (χ2v) is 5.40. The van der Waals surface area contributed by atoms with E-state index in [-0.39, 0.29) is 0 Å². The van der Waals surface area contributed by atoms with Crippen LogP contribution in [0, 0.1) is 0 Å². The summed E-state index contributed by atoms with van der Waals surface area (Å²) in [5, 5.41) is 3.54. The van der Waals surface area contributed by atoms with Gasteiger partial charge in [-0.3, -0.25) is 0 Å². The lowest BCUT2D eigenvalue weighted by molar-refractivity contribution is 0.500. The van der Waals surface area contributed by atoms with Gasteiger partial charge >= 0.3 is 0 Å². The molecule has 0 aromatic heterocycles. The Balaban J connectivity index is 1.59. The van der Waals surface area contributed by atoms with E-state index in [1.54, 1.807) is 5.56 Å². The molecule has 1 aliphatic rings. The number of fused-ring (bicyclic) bond motifs is 1. The van der Waals surface area contributed by atoms with Crippen molar-refractivity contribution in [3.05, 3.63) is 71.3 Å². The molecule has 0 fully saturated rings. The second-order valence-electron chi connectivity index (χ2n) is 5.40. The topological polar surface area (TPSA) is 12.0 Å². The maximum Gasteiger partial charge on any atom is 0.0208 e. The lowest BCUT2D eigenvalue weighted by Crippen LogP contribution is -2.28. The first-order valence-electron chi connectivity index (χ1n) is 7.26. The summed E-state index contributed by atoms with van der Waals surface area (Å²) in [6, 6.07) is 19.7. The van der Waals surface area contributed by atoms with Crippen LogP contribution in [0.2, 0.25) is 0 Å². The van der Waals surface area contributed by atoms with Crippen LogP contribution in [0.5, 0.6) is 0 Å². The van der Waals surface area contributed by atoms with Crippen LogP contribution in [-0.2, 0) is 13.0 Å². The second kappa shape index (κ2) is 6.03. The summed E-state index contributed by atoms with van der Waals surface area (Å²) in [5.41, 5.74) is 4.51. The molecule has 1 unspecified atom stereocenters. The first kappa shape index (κ1) is 12.4. The number of rotatable bonds is 4. The molecule has 0 bridgehead atoms. The van der Waals surface area contributed by atoms with Crippen molar-refractivity contribution in [2.45, 2.75) is 31.7 Å². The van der Waals surface area contributed by atoms with Gasteiger partial charge in [0.05, 0.1) is 0 Å². The van der Waals surface area contributed by atoms with Gasteiger partial charge in [0, 0.05) is 13.1 Å². The lowest BCUT2D eigenvalue weighted by atomic mass is 9.87. The molecule has 3 rings (SSSR count). The Bertz CT molecular complexity index is 518. The van der Waals surface area contributed by atoms with Crippen molar-refractivity contribution in [1.29, 1.82) is 0 Å². The minimum atomic E-state index is 0.689. The van der Waals surface area contributed by atoms with Crippen molar-refractivity contribution in [1.82, 2.24) is 5.32 Å². The van der Waals surface area contributed by atoms with Gasteiger partial charge in [-0.15, -0.1) is 0 Å². The van der Waals surface area contributed by atoms with E-state index >= 15 is 0 Å². The van der Waals surface area contributed by atoms with Crippen LogP contribution in [0.3, 0.4) is 0 Å². The van der Waals surface area contributed by atoms with Gasteiger partial charge in [0.25, 0.3) is 0 Å². The van der Waals surface area contributed by atoms with E-state index in [2.05, 4.69) is 59.9 Å². The molecule has 19 heavy (non-hydrogen) atoms. The number of nitrogens with one attached hydrogen (secondary N) is 1. The third-order valence-electron chi connectivity index (χ3n) is 4.06. The highest BCUT2D eigenvalue weighted by atomic mass is 14.9. The molecule has 1 heterocycles. The molecular weight excluding hydrogens is 230 g/mol. The van der Waals surface area contributed by atoms with Gasteiger partial charge in [-0.25, -0.2) is 0 Å². The molecule has 1 atom stereocenters. The van der Waals surface area contributed by atoms with Gasteiger partial charge in [0.2, 0.25) is 0 Å². The molecule has 1 heteroatoms. The smallest absolute Gasteiger partial charge is 0.0208 e. The highest BCUT2D eigenvalue weighted by Crippen LogP contribution is 2.27. The van der Waals surface area contributed by atoms with Gasteiger partial charge in [-0.05, 0) is 41.9 Å². The number of aryl methyl sites for hydroxylation is 1. The normalized spacial score (nSPS) is 18.0. The van der Waals surface area contributed by atoms with Crippen LogP contribution >= 0.6 is 0 Å². The fourth-order valence-corrected chi connectivity index (χ4v) is 3.04. The number of benzene rings is 2. The van der Waals surface area contributed by atoms with Crippen molar-refractivity contribution in [2.75, 3.05) is 6.54 Å². The fraction of sp³-hybridized carbons (Fsp3) is 0.333. The summed E-state index contributed by atoms with van der Waals surface area (Å²) >= 11 is 0. The Morgan fingerprint density at radius 1 is 0.947 bits per heavy atom. The molecular formula is C18H21N. The Morgan fingerprint density at radius 2 is 1.74 bits per heavy atom. The third-order valence-corrected chi connectivity index (χ3v) is 4.06. The lowest BCUT2D eigenvalue weighted by Gasteiger charge is -2.26. The van der Waals surface area contributed by atoms with E-state index in [0.717, 1.165) is 13.1 Å². The molecule has 1 aliphatic heterocycles. The summed E-state index contributed by atoms with van der Waals surface area (Å²) < 4.78 is 0. The van der Waals surface area contributed by atoms with Crippen molar-refractivity contribution in [2.24, 2.45) is 0 Å². The molecule has 0 saturated heterocycles. The first-order chi connectivity index (χ1) is 9.43. The van der Waals surface area contributed by atoms with Crippen LogP contribution in [0.1, 0.15) is 35.4 Å². The van der Waals surface area contributed by atoms with Gasteiger partial charge in [-0.1, -0.05) is 54.6 Å². The van der Waals surface area contributed by atoms with Gasteiger partial charge < -0.3 is 5.32 Å². The molecule has 0 aliphatic carbocycles. The van der Waals surface area contributed by atoms with Gasteiger partial charge in [0.15, 0.2) is 0 Å². The summed E-state index contributed by atoms with van der Waals surface area (Å²) in [4.78, 5) is 0. The minimum absolute atomic E-state index is 0.689. The average Bonchev–Trinajstić information content (AvgIpc) is 2.49. The molecule has 0 saturated carbocycles. The van der Waals surface area contributed by atoms with Crippen LogP contribution in [-0.4, -0.2) is 6.54 Å². The molecule has 1 N–H and O–H groups in total.